The van der Waals surface area contributed by atoms with Crippen LogP contribution >= 0.6 is 0 Å². The number of aliphatic hydroxyl groups excluding tert-OH is 1. The summed E-state index contributed by atoms with van der Waals surface area (Å²) in [6.07, 6.45) is 0.703. The lowest BCUT2D eigenvalue weighted by atomic mass is 9.66. The van der Waals surface area contributed by atoms with E-state index in [0.717, 1.165) is 38.5 Å². The number of halogens is 3. The summed E-state index contributed by atoms with van der Waals surface area (Å²) in [5.74, 6) is 0.502. The van der Waals surface area contributed by atoms with Crippen LogP contribution in [0.15, 0.2) is 48.5 Å². The third kappa shape index (κ3) is 4.76. The van der Waals surface area contributed by atoms with E-state index < -0.39 is 11.9 Å². The molecule has 190 valence electrons. The normalized spacial score (nSPS) is 30.3. The van der Waals surface area contributed by atoms with Gasteiger partial charge in [0.2, 0.25) is 0 Å². The molecule has 1 saturated carbocycles. The molecule has 0 spiro atoms. The first-order valence-corrected chi connectivity index (χ1v) is 12.5. The minimum atomic E-state index is -4.75. The topological polar surface area (TPSA) is 62.8 Å². The first-order chi connectivity index (χ1) is 16.8. The van der Waals surface area contributed by atoms with Crippen LogP contribution in [0.1, 0.15) is 56.6 Å². The highest BCUT2D eigenvalue weighted by Crippen LogP contribution is 2.53. The average molecular weight is 491 g/mol. The molecule has 0 amide bonds. The number of rotatable bonds is 9. The molecule has 3 fully saturated rings. The molecule has 2 saturated heterocycles. The van der Waals surface area contributed by atoms with E-state index >= 15 is 0 Å². The zero-order valence-corrected chi connectivity index (χ0v) is 19.9. The Hall–Kier alpha value is -2.29. The zero-order valence-electron chi connectivity index (χ0n) is 19.9. The van der Waals surface area contributed by atoms with Gasteiger partial charge in [-0.05, 0) is 68.2 Å². The average Bonchev–Trinajstić information content (AvgIpc) is 3.60. The van der Waals surface area contributed by atoms with Crippen molar-refractivity contribution in [1.29, 1.82) is 0 Å². The van der Waals surface area contributed by atoms with Gasteiger partial charge < -0.3 is 25.2 Å². The minimum absolute atomic E-state index is 0.121. The van der Waals surface area contributed by atoms with Crippen molar-refractivity contribution in [2.45, 2.75) is 81.6 Å². The maximum absolute atomic E-state index is 12.9. The van der Waals surface area contributed by atoms with E-state index in [1.165, 1.54) is 17.7 Å². The number of aliphatic hydroxyl groups is 1. The fraction of sp³-hybridized carbons (Fsp3) is 0.556. The third-order valence-electron chi connectivity index (χ3n) is 8.07. The van der Waals surface area contributed by atoms with E-state index in [2.05, 4.69) is 34.4 Å². The van der Waals surface area contributed by atoms with Crippen LogP contribution in [0.5, 0.6) is 11.5 Å². The molecule has 3 aliphatic rings. The van der Waals surface area contributed by atoms with Gasteiger partial charge in [-0.15, -0.1) is 13.2 Å². The number of fused-ring (bicyclic) bond motifs is 2. The molecule has 8 heteroatoms. The van der Waals surface area contributed by atoms with Gasteiger partial charge in [-0.3, -0.25) is 0 Å². The number of hydrogen-bond acceptors (Lipinski definition) is 5. The van der Waals surface area contributed by atoms with Crippen LogP contribution in [0.4, 0.5) is 13.2 Å². The molecule has 5 rings (SSSR count). The van der Waals surface area contributed by atoms with Crippen molar-refractivity contribution in [1.82, 2.24) is 10.6 Å². The van der Waals surface area contributed by atoms with Gasteiger partial charge in [-0.2, -0.15) is 0 Å². The summed E-state index contributed by atoms with van der Waals surface area (Å²) in [6.45, 7) is 2.62. The molecule has 35 heavy (non-hydrogen) atoms. The molecular formula is C27H33F3N2O3. The SMILES string of the molecule is CC[C@@]1(NCc2cc(OC(F)(F)F)ccc2OC2CC2)CC[C@@H]2N[C@@]1(c1ccccc1)C[C@H]2CO. The molecule has 2 aromatic carbocycles. The maximum Gasteiger partial charge on any atom is 0.573 e. The second kappa shape index (κ2) is 9.30. The quantitative estimate of drug-likeness (QED) is 0.461. The van der Waals surface area contributed by atoms with Crippen LogP contribution in [0.3, 0.4) is 0 Å². The lowest BCUT2D eigenvalue weighted by molar-refractivity contribution is -0.274. The highest BCUT2D eigenvalue weighted by Gasteiger charge is 2.60. The van der Waals surface area contributed by atoms with Gasteiger partial charge in [-0.1, -0.05) is 37.3 Å². The molecule has 2 heterocycles. The zero-order chi connectivity index (χ0) is 24.7. The van der Waals surface area contributed by atoms with E-state index in [1.54, 1.807) is 6.07 Å². The summed E-state index contributed by atoms with van der Waals surface area (Å²) in [7, 11) is 0. The first-order valence-electron chi connectivity index (χ1n) is 12.5. The molecule has 1 aliphatic carbocycles. The van der Waals surface area contributed by atoms with E-state index in [1.807, 2.05) is 18.2 Å². The van der Waals surface area contributed by atoms with Crippen molar-refractivity contribution in [3.05, 3.63) is 59.7 Å². The molecule has 0 aromatic heterocycles. The van der Waals surface area contributed by atoms with E-state index in [0.29, 0.717) is 17.9 Å². The predicted octanol–water partition coefficient (Wildman–Crippen LogP) is 5.02. The Balaban J connectivity index is 1.47. The minimum Gasteiger partial charge on any atom is -0.490 e. The second-order valence-corrected chi connectivity index (χ2v) is 10.1. The Kier molecular flexibility index (Phi) is 6.48. The number of hydrogen-bond donors (Lipinski definition) is 3. The largest absolute Gasteiger partial charge is 0.573 e. The fourth-order valence-electron chi connectivity index (χ4n) is 6.16. The van der Waals surface area contributed by atoms with Crippen molar-refractivity contribution >= 4 is 0 Å². The van der Waals surface area contributed by atoms with Gasteiger partial charge in [0.1, 0.15) is 11.5 Å². The van der Waals surface area contributed by atoms with E-state index in [4.69, 9.17) is 4.74 Å². The van der Waals surface area contributed by atoms with Crippen LogP contribution in [0, 0.1) is 5.92 Å². The van der Waals surface area contributed by atoms with Crippen LogP contribution in [0.25, 0.3) is 0 Å². The van der Waals surface area contributed by atoms with Gasteiger partial charge in [0.25, 0.3) is 0 Å². The molecular weight excluding hydrogens is 457 g/mol. The fourth-order valence-corrected chi connectivity index (χ4v) is 6.16. The van der Waals surface area contributed by atoms with Crippen LogP contribution < -0.4 is 20.1 Å². The van der Waals surface area contributed by atoms with Crippen molar-refractivity contribution in [2.24, 2.45) is 5.92 Å². The van der Waals surface area contributed by atoms with Crippen LogP contribution in [0.2, 0.25) is 0 Å². The number of ether oxygens (including phenoxy) is 2. The number of benzene rings is 2. The summed E-state index contributed by atoms with van der Waals surface area (Å²) in [6, 6.07) is 14.9. The van der Waals surface area contributed by atoms with E-state index in [9.17, 15) is 18.3 Å². The summed E-state index contributed by atoms with van der Waals surface area (Å²) in [4.78, 5) is 0. The Morgan fingerprint density at radius 3 is 2.54 bits per heavy atom. The van der Waals surface area contributed by atoms with E-state index in [-0.39, 0.29) is 36.0 Å². The Labute approximate surface area is 204 Å². The third-order valence-corrected chi connectivity index (χ3v) is 8.07. The Morgan fingerprint density at radius 2 is 1.89 bits per heavy atom. The van der Waals surface area contributed by atoms with Crippen molar-refractivity contribution in [3.8, 4) is 11.5 Å². The Bertz CT molecular complexity index is 1030. The lowest BCUT2D eigenvalue weighted by Crippen LogP contribution is -2.68. The summed E-state index contributed by atoms with van der Waals surface area (Å²) in [5, 5.41) is 17.7. The molecule has 2 aliphatic heterocycles. The molecule has 2 aromatic rings. The van der Waals surface area contributed by atoms with Gasteiger partial charge in [0.05, 0.1) is 11.6 Å². The van der Waals surface area contributed by atoms with Crippen molar-refractivity contribution in [3.63, 3.8) is 0 Å². The standard InChI is InChI=1S/C27H33F3N2O3/c1-2-25(13-12-23-19(17-33)15-26(25,32-23)20-6-4-3-5-7-20)31-16-18-14-22(35-27(28,29)30)10-11-24(18)34-21-8-9-21/h3-7,10-11,14,19,21,23,31-33H,2,8-9,12-13,15-17H2,1H3/t19-,23-,25+,26+/m0/s1. The van der Waals surface area contributed by atoms with Crippen LogP contribution in [-0.2, 0) is 12.1 Å². The summed E-state index contributed by atoms with van der Waals surface area (Å²) >= 11 is 0. The first kappa shape index (κ1) is 24.4. The maximum atomic E-state index is 12.9. The Morgan fingerprint density at radius 1 is 1.11 bits per heavy atom. The molecule has 2 bridgehead atoms. The van der Waals surface area contributed by atoms with Gasteiger partial charge in [-0.25, -0.2) is 0 Å². The second-order valence-electron chi connectivity index (χ2n) is 10.1. The molecule has 5 nitrogen and oxygen atoms in total. The number of piperidine rings is 1. The highest BCUT2D eigenvalue weighted by molar-refractivity contribution is 5.42. The predicted molar refractivity (Wildman–Crippen MR) is 126 cm³/mol. The summed E-state index contributed by atoms with van der Waals surface area (Å²) < 4.78 is 48.9. The lowest BCUT2D eigenvalue weighted by Gasteiger charge is -2.53. The van der Waals surface area contributed by atoms with Gasteiger partial charge >= 0.3 is 6.36 Å². The van der Waals surface area contributed by atoms with Gasteiger partial charge in [0.15, 0.2) is 0 Å². The molecule has 0 unspecified atom stereocenters. The number of nitrogens with one attached hydrogen (secondary N) is 2. The van der Waals surface area contributed by atoms with Crippen LogP contribution in [-0.4, -0.2) is 35.8 Å². The monoisotopic (exact) mass is 490 g/mol. The molecule has 0 radical (unpaired) electrons. The summed E-state index contributed by atoms with van der Waals surface area (Å²) in [5.41, 5.74) is 1.07. The molecule has 4 atom stereocenters. The van der Waals surface area contributed by atoms with Crippen molar-refractivity contribution in [2.75, 3.05) is 6.61 Å². The molecule has 3 N–H and O–H groups in total. The number of alkyl halides is 3. The smallest absolute Gasteiger partial charge is 0.490 e. The van der Waals surface area contributed by atoms with Gasteiger partial charge in [0, 0.05) is 30.3 Å². The van der Waals surface area contributed by atoms with Crippen molar-refractivity contribution < 1.29 is 27.8 Å². The highest BCUT2D eigenvalue weighted by atomic mass is 19.4.